The molecule has 1 aromatic carbocycles. The molecule has 0 aliphatic carbocycles. The molecule has 24 heavy (non-hydrogen) atoms. The summed E-state index contributed by atoms with van der Waals surface area (Å²) in [4.78, 5) is 11.6. The van der Waals surface area contributed by atoms with Crippen molar-refractivity contribution in [1.29, 1.82) is 0 Å². The van der Waals surface area contributed by atoms with Crippen molar-refractivity contribution in [1.82, 2.24) is 0 Å². The monoisotopic (exact) mass is 404 g/mol. The molecule has 0 saturated carbocycles. The number of esters is 1. The van der Waals surface area contributed by atoms with Gasteiger partial charge in [0, 0.05) is 10.2 Å². The second kappa shape index (κ2) is 21.7. The van der Waals surface area contributed by atoms with Gasteiger partial charge in [-0.2, -0.15) is 0 Å². The summed E-state index contributed by atoms with van der Waals surface area (Å²) in [5, 5.41) is 0. The normalized spacial score (nSPS) is 9.21. The summed E-state index contributed by atoms with van der Waals surface area (Å²) in [7, 11) is 2.87. The number of hydrogen-bond acceptors (Lipinski definition) is 4. The molecule has 0 fully saturated rings. The van der Waals surface area contributed by atoms with Crippen LogP contribution in [0.4, 0.5) is 0 Å². The van der Waals surface area contributed by atoms with Gasteiger partial charge in [-0.3, -0.25) is 0 Å². The van der Waals surface area contributed by atoms with E-state index in [2.05, 4.69) is 21.7 Å². The molecule has 0 aliphatic heterocycles. The molecule has 4 nitrogen and oxygen atoms in total. The SMILES string of the molecule is C.CC.CC.CCC/C(C(=O)OC)=C(\N)c1ccc(Br)cc1.CN. The lowest BCUT2D eigenvalue weighted by molar-refractivity contribution is -0.136. The highest BCUT2D eigenvalue weighted by molar-refractivity contribution is 9.10. The molecular weight excluding hydrogens is 368 g/mol. The Kier molecular flexibility index (Phi) is 27.6. The Balaban J connectivity index is -0.000000256. The van der Waals surface area contributed by atoms with Crippen LogP contribution in [0.25, 0.3) is 5.70 Å². The first-order valence-corrected chi connectivity index (χ1v) is 8.80. The Bertz CT molecular complexity index is 429. The molecule has 1 aromatic rings. The van der Waals surface area contributed by atoms with Crippen LogP contribution in [0, 0.1) is 0 Å². The van der Waals surface area contributed by atoms with Crippen LogP contribution < -0.4 is 11.5 Å². The minimum Gasteiger partial charge on any atom is -0.466 e. The number of methoxy groups -OCH3 is 1. The van der Waals surface area contributed by atoms with E-state index in [0.717, 1.165) is 16.5 Å². The third kappa shape index (κ3) is 12.1. The van der Waals surface area contributed by atoms with Gasteiger partial charge in [0.25, 0.3) is 0 Å². The molecule has 0 bridgehead atoms. The zero-order valence-electron chi connectivity index (χ0n) is 15.6. The van der Waals surface area contributed by atoms with Gasteiger partial charge in [-0.05, 0) is 31.2 Å². The van der Waals surface area contributed by atoms with Crippen LogP contribution in [0.3, 0.4) is 0 Å². The fourth-order valence-electron chi connectivity index (χ4n) is 1.52. The zero-order chi connectivity index (χ0) is 18.8. The van der Waals surface area contributed by atoms with Gasteiger partial charge < -0.3 is 16.2 Å². The van der Waals surface area contributed by atoms with Crippen LogP contribution in [0.15, 0.2) is 34.3 Å². The Morgan fingerprint density at radius 2 is 1.50 bits per heavy atom. The van der Waals surface area contributed by atoms with Crippen molar-refractivity contribution >= 4 is 27.6 Å². The van der Waals surface area contributed by atoms with Crippen molar-refractivity contribution < 1.29 is 9.53 Å². The lowest BCUT2D eigenvalue weighted by atomic mass is 10.0. The molecule has 0 amide bonds. The highest BCUT2D eigenvalue weighted by Gasteiger charge is 2.14. The van der Waals surface area contributed by atoms with E-state index in [1.54, 1.807) is 0 Å². The first kappa shape index (κ1) is 30.5. The summed E-state index contributed by atoms with van der Waals surface area (Å²) < 4.78 is 5.72. The van der Waals surface area contributed by atoms with Gasteiger partial charge in [0.15, 0.2) is 0 Å². The Hall–Kier alpha value is -1.33. The average Bonchev–Trinajstić information content (AvgIpc) is 2.64. The molecule has 0 aromatic heterocycles. The maximum atomic E-state index is 11.6. The van der Waals surface area contributed by atoms with Gasteiger partial charge in [-0.1, -0.05) is 76.5 Å². The largest absolute Gasteiger partial charge is 0.466 e. The van der Waals surface area contributed by atoms with Crippen LogP contribution in [-0.2, 0) is 9.53 Å². The lowest BCUT2D eigenvalue weighted by Crippen LogP contribution is -2.12. The summed E-state index contributed by atoms with van der Waals surface area (Å²) in [5.41, 5.74) is 12.4. The molecule has 0 heterocycles. The zero-order valence-corrected chi connectivity index (χ0v) is 17.2. The molecule has 142 valence electrons. The third-order valence-electron chi connectivity index (χ3n) is 2.41. The quantitative estimate of drug-likeness (QED) is 0.522. The second-order valence-corrected chi connectivity index (χ2v) is 4.56. The minimum absolute atomic E-state index is 0. The van der Waals surface area contributed by atoms with Gasteiger partial charge in [0.2, 0.25) is 0 Å². The number of carbonyl (C=O) groups is 1. The second-order valence-electron chi connectivity index (χ2n) is 3.64. The molecule has 1 rings (SSSR count). The van der Waals surface area contributed by atoms with E-state index in [0.29, 0.717) is 17.7 Å². The van der Waals surface area contributed by atoms with Gasteiger partial charge in [0.1, 0.15) is 0 Å². The Morgan fingerprint density at radius 3 is 1.83 bits per heavy atom. The summed E-state index contributed by atoms with van der Waals surface area (Å²) in [6.07, 6.45) is 1.47. The minimum atomic E-state index is -0.354. The topological polar surface area (TPSA) is 78.3 Å². The molecule has 4 N–H and O–H groups in total. The smallest absolute Gasteiger partial charge is 0.335 e. The maximum Gasteiger partial charge on any atom is 0.335 e. The molecular formula is C19H37BrN2O2. The van der Waals surface area contributed by atoms with Crippen molar-refractivity contribution in [2.45, 2.75) is 54.9 Å². The van der Waals surface area contributed by atoms with Gasteiger partial charge in [0.05, 0.1) is 12.7 Å². The first-order chi connectivity index (χ1) is 11.1. The van der Waals surface area contributed by atoms with Crippen molar-refractivity contribution in [3.8, 4) is 0 Å². The van der Waals surface area contributed by atoms with Crippen molar-refractivity contribution in [3.63, 3.8) is 0 Å². The highest BCUT2D eigenvalue weighted by atomic mass is 79.9. The van der Waals surface area contributed by atoms with Crippen molar-refractivity contribution in [2.24, 2.45) is 11.5 Å². The summed E-state index contributed by atoms with van der Waals surface area (Å²) in [5.74, 6) is -0.354. The van der Waals surface area contributed by atoms with Gasteiger partial charge in [-0.15, -0.1) is 0 Å². The summed E-state index contributed by atoms with van der Waals surface area (Å²) in [6, 6.07) is 7.53. The molecule has 0 unspecified atom stereocenters. The van der Waals surface area contributed by atoms with Crippen LogP contribution in [-0.4, -0.2) is 20.1 Å². The third-order valence-corrected chi connectivity index (χ3v) is 2.94. The fraction of sp³-hybridized carbons (Fsp3) is 0.526. The fourth-order valence-corrected chi connectivity index (χ4v) is 1.79. The van der Waals surface area contributed by atoms with Gasteiger partial charge in [-0.25, -0.2) is 4.79 Å². The Labute approximate surface area is 157 Å². The number of carbonyl (C=O) groups excluding carboxylic acids is 1. The standard InChI is InChI=1S/C13H16BrNO2.2C2H6.CH5N.CH4/c1-3-4-11(13(16)17-2)12(15)9-5-7-10(14)8-6-9;3*1-2;/h5-8H,3-4,15H2,1-2H3;2*1-2H3;2H2,1H3;1H4/b12-11+;;;;. The van der Waals surface area contributed by atoms with Crippen LogP contribution >= 0.6 is 15.9 Å². The first-order valence-electron chi connectivity index (χ1n) is 8.00. The summed E-state index contributed by atoms with van der Waals surface area (Å²) in [6.45, 7) is 10.00. The van der Waals surface area contributed by atoms with E-state index in [1.165, 1.54) is 14.2 Å². The number of rotatable bonds is 4. The molecule has 0 atom stereocenters. The molecule has 0 spiro atoms. The molecule has 0 radical (unpaired) electrons. The van der Waals surface area contributed by atoms with Crippen molar-refractivity contribution in [2.75, 3.05) is 14.2 Å². The predicted molar refractivity (Wildman–Crippen MR) is 112 cm³/mol. The van der Waals surface area contributed by atoms with Crippen molar-refractivity contribution in [3.05, 3.63) is 39.9 Å². The van der Waals surface area contributed by atoms with Gasteiger partial charge >= 0.3 is 5.97 Å². The summed E-state index contributed by atoms with van der Waals surface area (Å²) >= 11 is 3.36. The van der Waals surface area contributed by atoms with E-state index in [4.69, 9.17) is 10.5 Å². The van der Waals surface area contributed by atoms with Crippen LogP contribution in [0.2, 0.25) is 0 Å². The van der Waals surface area contributed by atoms with E-state index >= 15 is 0 Å². The average molecular weight is 405 g/mol. The number of ether oxygens (including phenoxy) is 1. The molecule has 0 aliphatic rings. The van der Waals surface area contributed by atoms with Crippen LogP contribution in [0.1, 0.15) is 60.5 Å². The molecule has 5 heteroatoms. The highest BCUT2D eigenvalue weighted by Crippen LogP contribution is 2.20. The number of halogens is 1. The molecule has 0 saturated heterocycles. The number of nitrogens with two attached hydrogens (primary N) is 2. The maximum absolute atomic E-state index is 11.6. The number of hydrogen-bond donors (Lipinski definition) is 2. The van der Waals surface area contributed by atoms with E-state index in [9.17, 15) is 4.79 Å². The lowest BCUT2D eigenvalue weighted by Gasteiger charge is -2.09. The Morgan fingerprint density at radius 1 is 1.08 bits per heavy atom. The van der Waals surface area contributed by atoms with Crippen LogP contribution in [0.5, 0.6) is 0 Å². The van der Waals surface area contributed by atoms with E-state index in [-0.39, 0.29) is 13.4 Å². The van der Waals surface area contributed by atoms with E-state index < -0.39 is 0 Å². The predicted octanol–water partition coefficient (Wildman–Crippen LogP) is 5.36. The number of benzene rings is 1. The van der Waals surface area contributed by atoms with E-state index in [1.807, 2.05) is 58.9 Å².